The van der Waals surface area contributed by atoms with Crippen molar-refractivity contribution < 1.29 is 9.53 Å². The summed E-state index contributed by atoms with van der Waals surface area (Å²) < 4.78 is 4.86. The predicted octanol–water partition coefficient (Wildman–Crippen LogP) is 2.54. The van der Waals surface area contributed by atoms with Gasteiger partial charge in [-0.3, -0.25) is 0 Å². The number of benzene rings is 1. The second kappa shape index (κ2) is 5.13. The summed E-state index contributed by atoms with van der Waals surface area (Å²) in [5, 5.41) is 9.13. The van der Waals surface area contributed by atoms with E-state index in [4.69, 9.17) is 10.00 Å². The Morgan fingerprint density at radius 1 is 1.44 bits per heavy atom. The normalized spacial score (nSPS) is 14.1. The van der Waals surface area contributed by atoms with Gasteiger partial charge < -0.3 is 4.74 Å². The molecule has 0 aliphatic rings. The summed E-state index contributed by atoms with van der Waals surface area (Å²) >= 11 is 0. The van der Waals surface area contributed by atoms with Gasteiger partial charge in [0.1, 0.15) is 0 Å². The van der Waals surface area contributed by atoms with Crippen LogP contribution in [0.2, 0.25) is 0 Å². The number of esters is 1. The van der Waals surface area contributed by atoms with Crippen LogP contribution in [0.25, 0.3) is 0 Å². The fourth-order valence-corrected chi connectivity index (χ4v) is 1.25. The van der Waals surface area contributed by atoms with E-state index in [-0.39, 0.29) is 0 Å². The maximum atomic E-state index is 11.8. The lowest BCUT2D eigenvalue weighted by molar-refractivity contribution is -0.142. The molecular formula is C13H13NO2. The van der Waals surface area contributed by atoms with Crippen molar-refractivity contribution in [1.82, 2.24) is 0 Å². The highest BCUT2D eigenvalue weighted by Crippen LogP contribution is 2.24. The van der Waals surface area contributed by atoms with E-state index in [1.807, 2.05) is 12.1 Å². The van der Waals surface area contributed by atoms with E-state index in [9.17, 15) is 4.79 Å². The first-order chi connectivity index (χ1) is 7.65. The van der Waals surface area contributed by atoms with E-state index in [0.717, 1.165) is 0 Å². The lowest BCUT2D eigenvalue weighted by Gasteiger charge is -2.18. The molecule has 82 valence electrons. The molecule has 0 aliphatic carbocycles. The van der Waals surface area contributed by atoms with Crippen molar-refractivity contribution in [2.24, 2.45) is 0 Å². The van der Waals surface area contributed by atoms with Gasteiger partial charge in [-0.1, -0.05) is 36.4 Å². The molecule has 0 heterocycles. The van der Waals surface area contributed by atoms with Crippen LogP contribution in [0, 0.1) is 11.3 Å². The highest BCUT2D eigenvalue weighted by atomic mass is 16.5. The van der Waals surface area contributed by atoms with Gasteiger partial charge in [0.2, 0.25) is 0 Å². The first-order valence-electron chi connectivity index (χ1n) is 4.94. The first kappa shape index (κ1) is 12.0. The summed E-state index contributed by atoms with van der Waals surface area (Å²) in [5.74, 6) is -0.570. The Morgan fingerprint density at radius 2 is 2.06 bits per heavy atom. The summed E-state index contributed by atoms with van der Waals surface area (Å²) in [5.41, 5.74) is -0.632. The number of hydrogen-bond acceptors (Lipinski definition) is 3. The van der Waals surface area contributed by atoms with Crippen LogP contribution in [0.5, 0.6) is 0 Å². The van der Waals surface area contributed by atoms with Gasteiger partial charge in [0.25, 0.3) is 0 Å². The minimum Gasteiger partial charge on any atom is -0.433 e. The van der Waals surface area contributed by atoms with Gasteiger partial charge in [0.15, 0.2) is 5.41 Å². The molecule has 3 nitrogen and oxygen atoms in total. The third-order valence-corrected chi connectivity index (χ3v) is 2.29. The highest BCUT2D eigenvalue weighted by Gasteiger charge is 2.36. The molecule has 0 saturated heterocycles. The number of rotatable bonds is 3. The molecule has 0 radical (unpaired) electrons. The fraction of sp³-hybridized carbons (Fsp3) is 0.231. The van der Waals surface area contributed by atoms with Crippen molar-refractivity contribution in [3.05, 3.63) is 48.2 Å². The number of ether oxygens (including phenoxy) is 1. The summed E-state index contributed by atoms with van der Waals surface area (Å²) in [7, 11) is 0. The molecule has 1 rings (SSSR count). The third kappa shape index (κ3) is 2.29. The highest BCUT2D eigenvalue weighted by molar-refractivity contribution is 5.86. The van der Waals surface area contributed by atoms with Gasteiger partial charge in [-0.2, -0.15) is 5.26 Å². The molecular weight excluding hydrogens is 202 g/mol. The molecule has 0 aromatic heterocycles. The number of nitrogens with zero attached hydrogens (tertiary/aromatic N) is 1. The standard InChI is InChI=1S/C13H13NO2/c1-3-9-16-12(15)13(2,10-14)11-7-5-4-6-8-11/h3-9H,1-2H3. The number of carbonyl (C=O) groups is 1. The summed E-state index contributed by atoms with van der Waals surface area (Å²) in [6, 6.07) is 10.9. The second-order valence-corrected chi connectivity index (χ2v) is 3.48. The average molecular weight is 215 g/mol. The van der Waals surface area contributed by atoms with Crippen LogP contribution in [0.3, 0.4) is 0 Å². The summed E-state index contributed by atoms with van der Waals surface area (Å²) in [6.45, 7) is 3.29. The van der Waals surface area contributed by atoms with Crippen molar-refractivity contribution >= 4 is 5.97 Å². The smallest absolute Gasteiger partial charge is 0.335 e. The Labute approximate surface area is 95.0 Å². The molecule has 0 N–H and O–H groups in total. The zero-order chi connectivity index (χ0) is 12.0. The molecule has 1 atom stereocenters. The van der Waals surface area contributed by atoms with Crippen molar-refractivity contribution in [2.45, 2.75) is 19.3 Å². The zero-order valence-electron chi connectivity index (χ0n) is 9.31. The van der Waals surface area contributed by atoms with Gasteiger partial charge in [-0.15, -0.1) is 0 Å². The van der Waals surface area contributed by atoms with E-state index in [1.54, 1.807) is 44.2 Å². The number of hydrogen-bond donors (Lipinski definition) is 0. The van der Waals surface area contributed by atoms with Crippen molar-refractivity contribution in [3.8, 4) is 6.07 Å². The van der Waals surface area contributed by atoms with Crippen molar-refractivity contribution in [3.63, 3.8) is 0 Å². The van der Waals surface area contributed by atoms with Gasteiger partial charge in [0, 0.05) is 0 Å². The zero-order valence-corrected chi connectivity index (χ0v) is 9.31. The Kier molecular flexibility index (Phi) is 3.84. The molecule has 0 saturated carbocycles. The quantitative estimate of drug-likeness (QED) is 0.575. The molecule has 1 aromatic carbocycles. The lowest BCUT2D eigenvalue weighted by atomic mass is 9.84. The van der Waals surface area contributed by atoms with Crippen LogP contribution < -0.4 is 0 Å². The van der Waals surface area contributed by atoms with Crippen LogP contribution in [0.1, 0.15) is 19.4 Å². The maximum absolute atomic E-state index is 11.8. The number of nitriles is 1. The Hall–Kier alpha value is -2.08. The van der Waals surface area contributed by atoms with Crippen molar-refractivity contribution in [1.29, 1.82) is 5.26 Å². The maximum Gasteiger partial charge on any atom is 0.335 e. The van der Waals surface area contributed by atoms with E-state index in [2.05, 4.69) is 0 Å². The molecule has 0 fully saturated rings. The number of carbonyl (C=O) groups excluding carboxylic acids is 1. The lowest BCUT2D eigenvalue weighted by Crippen LogP contribution is -2.31. The van der Waals surface area contributed by atoms with Crippen LogP contribution in [-0.4, -0.2) is 5.97 Å². The largest absolute Gasteiger partial charge is 0.433 e. The Balaban J connectivity index is 3.04. The average Bonchev–Trinajstić information content (AvgIpc) is 2.35. The van der Waals surface area contributed by atoms with Gasteiger partial charge >= 0.3 is 5.97 Å². The van der Waals surface area contributed by atoms with Gasteiger partial charge in [-0.05, 0) is 19.4 Å². The Morgan fingerprint density at radius 3 is 2.56 bits per heavy atom. The Bertz CT molecular complexity index is 431. The molecule has 3 heteroatoms. The van der Waals surface area contributed by atoms with E-state index in [1.165, 1.54) is 6.26 Å². The van der Waals surface area contributed by atoms with Crippen LogP contribution in [-0.2, 0) is 14.9 Å². The molecule has 0 bridgehead atoms. The molecule has 0 amide bonds. The van der Waals surface area contributed by atoms with E-state index in [0.29, 0.717) is 5.56 Å². The first-order valence-corrected chi connectivity index (χ1v) is 4.94. The van der Waals surface area contributed by atoms with Gasteiger partial charge in [0.05, 0.1) is 12.3 Å². The number of allylic oxidation sites excluding steroid dienone is 1. The fourth-order valence-electron chi connectivity index (χ4n) is 1.25. The molecule has 1 unspecified atom stereocenters. The van der Waals surface area contributed by atoms with Crippen LogP contribution in [0.4, 0.5) is 0 Å². The van der Waals surface area contributed by atoms with Crippen LogP contribution in [0.15, 0.2) is 42.7 Å². The van der Waals surface area contributed by atoms with E-state index < -0.39 is 11.4 Å². The molecule has 0 aliphatic heterocycles. The monoisotopic (exact) mass is 215 g/mol. The second-order valence-electron chi connectivity index (χ2n) is 3.48. The summed E-state index contributed by atoms with van der Waals surface area (Å²) in [6.07, 6.45) is 2.88. The van der Waals surface area contributed by atoms with Gasteiger partial charge in [-0.25, -0.2) is 4.79 Å². The van der Waals surface area contributed by atoms with E-state index >= 15 is 0 Å². The SMILES string of the molecule is CC=COC(=O)C(C)(C#N)c1ccccc1. The summed E-state index contributed by atoms with van der Waals surface area (Å²) in [4.78, 5) is 11.8. The molecule has 16 heavy (non-hydrogen) atoms. The van der Waals surface area contributed by atoms with Crippen LogP contribution >= 0.6 is 0 Å². The minimum absolute atomic E-state index is 0.570. The minimum atomic E-state index is -1.26. The topological polar surface area (TPSA) is 50.1 Å². The molecule has 1 aromatic rings. The predicted molar refractivity (Wildman–Crippen MR) is 60.3 cm³/mol. The van der Waals surface area contributed by atoms with Crippen molar-refractivity contribution in [2.75, 3.05) is 0 Å². The molecule has 0 spiro atoms. The third-order valence-electron chi connectivity index (χ3n) is 2.29.